The standard InChI is InChI=1S/C19H23F3N2O4/c20-19(21,22)12-24-10-14(8-17(24)26)18(27)23(11-15-5-3-7-28-15)9-13-4-1-2-6-16(13)25/h1-2,4,6,14-15,25H,3,5,7-12H2. The number of aromatic hydroxyl groups is 1. The maximum Gasteiger partial charge on any atom is 0.406 e. The van der Waals surface area contributed by atoms with E-state index in [1.54, 1.807) is 18.2 Å². The van der Waals surface area contributed by atoms with E-state index in [0.717, 1.165) is 12.8 Å². The summed E-state index contributed by atoms with van der Waals surface area (Å²) in [5.41, 5.74) is 0.533. The van der Waals surface area contributed by atoms with Crippen molar-refractivity contribution in [3.8, 4) is 5.75 Å². The number of likely N-dealkylation sites (tertiary alicyclic amines) is 1. The molecule has 28 heavy (non-hydrogen) atoms. The van der Waals surface area contributed by atoms with Crippen molar-refractivity contribution in [2.24, 2.45) is 5.92 Å². The van der Waals surface area contributed by atoms with E-state index in [1.165, 1.54) is 11.0 Å². The quantitative estimate of drug-likeness (QED) is 0.796. The Morgan fingerprint density at radius 1 is 1.32 bits per heavy atom. The topological polar surface area (TPSA) is 70.1 Å². The number of carbonyl (C=O) groups excluding carboxylic acids is 2. The van der Waals surface area contributed by atoms with E-state index in [9.17, 15) is 27.9 Å². The van der Waals surface area contributed by atoms with Gasteiger partial charge in [-0.05, 0) is 18.9 Å². The summed E-state index contributed by atoms with van der Waals surface area (Å²) in [4.78, 5) is 27.1. The Bertz CT molecular complexity index is 719. The Hall–Kier alpha value is -2.29. The summed E-state index contributed by atoms with van der Waals surface area (Å²) < 4.78 is 43.5. The van der Waals surface area contributed by atoms with E-state index in [4.69, 9.17) is 4.74 Å². The summed E-state index contributed by atoms with van der Waals surface area (Å²) >= 11 is 0. The molecule has 2 saturated heterocycles. The van der Waals surface area contributed by atoms with Crippen molar-refractivity contribution >= 4 is 11.8 Å². The lowest BCUT2D eigenvalue weighted by molar-refractivity contribution is -0.157. The van der Waals surface area contributed by atoms with Crippen LogP contribution in [-0.4, -0.2) is 65.2 Å². The molecule has 9 heteroatoms. The third kappa shape index (κ3) is 5.15. The molecular weight excluding hydrogens is 377 g/mol. The zero-order valence-electron chi connectivity index (χ0n) is 15.3. The van der Waals surface area contributed by atoms with Gasteiger partial charge in [0.2, 0.25) is 11.8 Å². The molecule has 2 aliphatic rings. The summed E-state index contributed by atoms with van der Waals surface area (Å²) in [6.07, 6.45) is -3.23. The molecule has 3 rings (SSSR count). The number of phenols is 1. The summed E-state index contributed by atoms with van der Waals surface area (Å²) in [6.45, 7) is -0.613. The van der Waals surface area contributed by atoms with Crippen molar-refractivity contribution in [1.29, 1.82) is 0 Å². The van der Waals surface area contributed by atoms with Crippen LogP contribution in [0.1, 0.15) is 24.8 Å². The molecule has 2 heterocycles. The summed E-state index contributed by atoms with van der Waals surface area (Å²) in [5, 5.41) is 10.0. The highest BCUT2D eigenvalue weighted by molar-refractivity contribution is 5.89. The average Bonchev–Trinajstić information content (AvgIpc) is 3.24. The zero-order chi connectivity index (χ0) is 20.3. The third-order valence-electron chi connectivity index (χ3n) is 5.05. The van der Waals surface area contributed by atoms with Crippen molar-refractivity contribution < 1.29 is 32.6 Å². The molecule has 2 atom stereocenters. The van der Waals surface area contributed by atoms with Crippen LogP contribution in [0.15, 0.2) is 24.3 Å². The Balaban J connectivity index is 1.72. The van der Waals surface area contributed by atoms with Gasteiger partial charge in [-0.2, -0.15) is 13.2 Å². The lowest BCUT2D eigenvalue weighted by Gasteiger charge is -2.28. The minimum atomic E-state index is -4.50. The number of amides is 2. The molecule has 2 aliphatic heterocycles. The molecule has 1 aromatic rings. The molecule has 0 bridgehead atoms. The van der Waals surface area contributed by atoms with Gasteiger partial charge in [0.25, 0.3) is 0 Å². The van der Waals surface area contributed by atoms with Gasteiger partial charge in [0.05, 0.1) is 12.0 Å². The Labute approximate surface area is 160 Å². The number of halogens is 3. The zero-order valence-corrected chi connectivity index (χ0v) is 15.3. The lowest BCUT2D eigenvalue weighted by Crippen LogP contribution is -2.42. The molecular formula is C19H23F3N2O4. The fourth-order valence-electron chi connectivity index (χ4n) is 3.68. The largest absolute Gasteiger partial charge is 0.508 e. The van der Waals surface area contributed by atoms with Crippen LogP contribution in [0, 0.1) is 5.92 Å². The van der Waals surface area contributed by atoms with Crippen molar-refractivity contribution in [3.05, 3.63) is 29.8 Å². The fraction of sp³-hybridized carbons (Fsp3) is 0.579. The Kier molecular flexibility index (Phi) is 6.12. The third-order valence-corrected chi connectivity index (χ3v) is 5.05. The van der Waals surface area contributed by atoms with Gasteiger partial charge >= 0.3 is 6.18 Å². The van der Waals surface area contributed by atoms with Crippen LogP contribution in [0.25, 0.3) is 0 Å². The second-order valence-electron chi connectivity index (χ2n) is 7.27. The first-order valence-corrected chi connectivity index (χ1v) is 9.24. The monoisotopic (exact) mass is 400 g/mol. The smallest absolute Gasteiger partial charge is 0.406 e. The van der Waals surface area contributed by atoms with Crippen LogP contribution >= 0.6 is 0 Å². The molecule has 0 aliphatic carbocycles. The highest BCUT2D eigenvalue weighted by Gasteiger charge is 2.42. The minimum Gasteiger partial charge on any atom is -0.508 e. The number of alkyl halides is 3. The second-order valence-corrected chi connectivity index (χ2v) is 7.27. The lowest BCUT2D eigenvalue weighted by atomic mass is 10.1. The maximum absolute atomic E-state index is 13.0. The average molecular weight is 400 g/mol. The van der Waals surface area contributed by atoms with Crippen molar-refractivity contribution in [2.75, 3.05) is 26.2 Å². The van der Waals surface area contributed by atoms with Gasteiger partial charge in [-0.25, -0.2) is 0 Å². The van der Waals surface area contributed by atoms with Crippen LogP contribution in [0.5, 0.6) is 5.75 Å². The van der Waals surface area contributed by atoms with Crippen LogP contribution in [0.2, 0.25) is 0 Å². The van der Waals surface area contributed by atoms with Gasteiger partial charge in [-0.1, -0.05) is 18.2 Å². The number of hydrogen-bond donors (Lipinski definition) is 1. The Morgan fingerprint density at radius 3 is 2.71 bits per heavy atom. The summed E-state index contributed by atoms with van der Waals surface area (Å²) in [6, 6.07) is 6.58. The number of rotatable bonds is 6. The second kappa shape index (κ2) is 8.38. The molecule has 0 spiro atoms. The Morgan fingerprint density at radius 2 is 2.07 bits per heavy atom. The highest BCUT2D eigenvalue weighted by atomic mass is 19.4. The molecule has 2 fully saturated rings. The van der Waals surface area contributed by atoms with Gasteiger partial charge in [0.1, 0.15) is 12.3 Å². The number of benzene rings is 1. The van der Waals surface area contributed by atoms with Gasteiger partial charge in [-0.15, -0.1) is 0 Å². The van der Waals surface area contributed by atoms with Gasteiger partial charge in [0, 0.05) is 38.2 Å². The summed E-state index contributed by atoms with van der Waals surface area (Å²) in [5.74, 6) is -1.86. The maximum atomic E-state index is 13.0. The van der Waals surface area contributed by atoms with E-state index < -0.39 is 30.5 Å². The number of hydrogen-bond acceptors (Lipinski definition) is 4. The number of ether oxygens (including phenoxy) is 1. The van der Waals surface area contributed by atoms with Gasteiger partial charge < -0.3 is 19.6 Å². The molecule has 2 amide bonds. The normalized spacial score (nSPS) is 22.7. The minimum absolute atomic E-state index is 0.0360. The predicted octanol–water partition coefficient (Wildman–Crippen LogP) is 2.31. The fourth-order valence-corrected chi connectivity index (χ4v) is 3.68. The molecule has 0 radical (unpaired) electrons. The molecule has 154 valence electrons. The van der Waals surface area contributed by atoms with E-state index in [-0.39, 0.29) is 37.9 Å². The van der Waals surface area contributed by atoms with Crippen LogP contribution in [0.4, 0.5) is 13.2 Å². The van der Waals surface area contributed by atoms with E-state index >= 15 is 0 Å². The predicted molar refractivity (Wildman–Crippen MR) is 93.2 cm³/mol. The number of phenolic OH excluding ortho intramolecular Hbond substituents is 1. The molecule has 0 aromatic heterocycles. The summed E-state index contributed by atoms with van der Waals surface area (Å²) in [7, 11) is 0. The van der Waals surface area contributed by atoms with E-state index in [0.29, 0.717) is 17.1 Å². The van der Waals surface area contributed by atoms with E-state index in [1.807, 2.05) is 0 Å². The van der Waals surface area contributed by atoms with Gasteiger partial charge in [-0.3, -0.25) is 9.59 Å². The number of para-hydroxylation sites is 1. The molecule has 2 unspecified atom stereocenters. The number of nitrogens with zero attached hydrogens (tertiary/aromatic N) is 2. The molecule has 6 nitrogen and oxygen atoms in total. The molecule has 1 N–H and O–H groups in total. The van der Waals surface area contributed by atoms with Crippen molar-refractivity contribution in [2.45, 2.75) is 38.1 Å². The first-order chi connectivity index (χ1) is 13.2. The first-order valence-electron chi connectivity index (χ1n) is 9.24. The van der Waals surface area contributed by atoms with Crippen LogP contribution < -0.4 is 0 Å². The molecule has 1 aromatic carbocycles. The molecule has 0 saturated carbocycles. The van der Waals surface area contributed by atoms with Crippen molar-refractivity contribution in [1.82, 2.24) is 9.80 Å². The number of carbonyl (C=O) groups is 2. The van der Waals surface area contributed by atoms with Crippen LogP contribution in [0.3, 0.4) is 0 Å². The van der Waals surface area contributed by atoms with E-state index in [2.05, 4.69) is 0 Å². The van der Waals surface area contributed by atoms with Crippen molar-refractivity contribution in [3.63, 3.8) is 0 Å². The highest BCUT2D eigenvalue weighted by Crippen LogP contribution is 2.27. The van der Waals surface area contributed by atoms with Crippen LogP contribution in [-0.2, 0) is 20.9 Å². The SMILES string of the molecule is O=C1CC(C(=O)N(Cc2ccccc2O)CC2CCCO2)CN1CC(F)(F)F. The van der Waals surface area contributed by atoms with Gasteiger partial charge in [0.15, 0.2) is 0 Å². The first kappa shape index (κ1) is 20.4.